The topological polar surface area (TPSA) is 77.5 Å². The highest BCUT2D eigenvalue weighted by atomic mass is 16.8. The molecule has 2 amide bonds. The fraction of sp³-hybridized carbons (Fsp3) is 0.867. The predicted molar refractivity (Wildman–Crippen MR) is 78.6 cm³/mol. The van der Waals surface area contributed by atoms with Crippen molar-refractivity contribution in [1.82, 2.24) is 9.80 Å². The van der Waals surface area contributed by atoms with Gasteiger partial charge in [0.2, 0.25) is 0 Å². The lowest BCUT2D eigenvalue weighted by Gasteiger charge is -2.32. The molecule has 0 aromatic heterocycles. The molecule has 3 heterocycles. The van der Waals surface area contributed by atoms with Gasteiger partial charge >= 0.3 is 0 Å². The maximum Gasteiger partial charge on any atom is 0.255 e. The summed E-state index contributed by atoms with van der Waals surface area (Å²) in [6.45, 7) is 7.51. The van der Waals surface area contributed by atoms with Crippen molar-refractivity contribution in [2.75, 3.05) is 52.6 Å². The molecule has 3 aliphatic heterocycles. The minimum atomic E-state index is -0.959. The molecular weight excluding hydrogens is 304 g/mol. The highest BCUT2D eigenvalue weighted by molar-refractivity contribution is 5.91. The van der Waals surface area contributed by atoms with E-state index in [1.54, 1.807) is 23.6 Å². The lowest BCUT2D eigenvalue weighted by atomic mass is 10.1. The Labute approximate surface area is 135 Å². The maximum atomic E-state index is 12.8. The smallest absolute Gasteiger partial charge is 0.255 e. The summed E-state index contributed by atoms with van der Waals surface area (Å²) in [7, 11) is 0. The third-order valence-electron chi connectivity index (χ3n) is 4.23. The van der Waals surface area contributed by atoms with Crippen molar-refractivity contribution >= 4 is 11.8 Å². The molecular formula is C15H24N2O6. The molecule has 0 bridgehead atoms. The first-order valence-electron chi connectivity index (χ1n) is 8.07. The van der Waals surface area contributed by atoms with E-state index in [-0.39, 0.29) is 11.8 Å². The Bertz CT molecular complexity index is 417. The van der Waals surface area contributed by atoms with Crippen LogP contribution in [0.1, 0.15) is 13.8 Å². The van der Waals surface area contributed by atoms with Crippen molar-refractivity contribution in [1.29, 1.82) is 0 Å². The third-order valence-corrected chi connectivity index (χ3v) is 4.23. The van der Waals surface area contributed by atoms with Crippen molar-refractivity contribution < 1.29 is 28.5 Å². The molecule has 3 aliphatic rings. The SMILES string of the molecule is CC1(C)O[C@H](C(=O)N2CCOCC2)[C@@H](C(=O)N2CCOCC2)O1. The lowest BCUT2D eigenvalue weighted by molar-refractivity contribution is -0.167. The molecule has 8 heteroatoms. The van der Waals surface area contributed by atoms with E-state index in [0.717, 1.165) is 0 Å². The van der Waals surface area contributed by atoms with Crippen LogP contribution in [0.5, 0.6) is 0 Å². The summed E-state index contributed by atoms with van der Waals surface area (Å²) >= 11 is 0. The Balaban J connectivity index is 1.73. The molecule has 2 atom stereocenters. The Morgan fingerprint density at radius 3 is 1.48 bits per heavy atom. The number of rotatable bonds is 2. The number of hydrogen-bond donors (Lipinski definition) is 0. The Kier molecular flexibility index (Phi) is 4.86. The van der Waals surface area contributed by atoms with Crippen LogP contribution >= 0.6 is 0 Å². The van der Waals surface area contributed by atoms with Gasteiger partial charge in [-0.3, -0.25) is 9.59 Å². The minimum absolute atomic E-state index is 0.203. The van der Waals surface area contributed by atoms with Crippen LogP contribution in [0.2, 0.25) is 0 Å². The molecule has 0 aromatic rings. The van der Waals surface area contributed by atoms with Crippen molar-refractivity contribution in [3.63, 3.8) is 0 Å². The van der Waals surface area contributed by atoms with E-state index in [9.17, 15) is 9.59 Å². The number of carbonyl (C=O) groups is 2. The molecule has 3 fully saturated rings. The number of amides is 2. The quantitative estimate of drug-likeness (QED) is 0.662. The molecule has 3 saturated heterocycles. The second kappa shape index (κ2) is 6.72. The van der Waals surface area contributed by atoms with Crippen molar-refractivity contribution in [2.24, 2.45) is 0 Å². The second-order valence-corrected chi connectivity index (χ2v) is 6.35. The van der Waals surface area contributed by atoms with Crippen LogP contribution in [0.4, 0.5) is 0 Å². The molecule has 23 heavy (non-hydrogen) atoms. The van der Waals surface area contributed by atoms with Gasteiger partial charge in [-0.25, -0.2) is 0 Å². The molecule has 0 radical (unpaired) electrons. The monoisotopic (exact) mass is 328 g/mol. The number of ether oxygens (including phenoxy) is 4. The van der Waals surface area contributed by atoms with Gasteiger partial charge in [-0.05, 0) is 13.8 Å². The van der Waals surface area contributed by atoms with Crippen LogP contribution in [0.15, 0.2) is 0 Å². The normalized spacial score (nSPS) is 31.2. The van der Waals surface area contributed by atoms with Gasteiger partial charge in [0.05, 0.1) is 26.4 Å². The van der Waals surface area contributed by atoms with E-state index in [4.69, 9.17) is 18.9 Å². The average molecular weight is 328 g/mol. The number of hydrogen-bond acceptors (Lipinski definition) is 6. The van der Waals surface area contributed by atoms with E-state index >= 15 is 0 Å². The summed E-state index contributed by atoms with van der Waals surface area (Å²) < 4.78 is 22.0. The Morgan fingerprint density at radius 1 is 0.783 bits per heavy atom. The van der Waals surface area contributed by atoms with Gasteiger partial charge < -0.3 is 28.7 Å². The molecule has 0 aromatic carbocycles. The van der Waals surface area contributed by atoms with Crippen LogP contribution < -0.4 is 0 Å². The zero-order chi connectivity index (χ0) is 16.4. The summed E-state index contributed by atoms with van der Waals surface area (Å²) in [5, 5.41) is 0. The summed E-state index contributed by atoms with van der Waals surface area (Å²) in [6, 6.07) is 0. The minimum Gasteiger partial charge on any atom is -0.378 e. The average Bonchev–Trinajstić information content (AvgIpc) is 2.91. The van der Waals surface area contributed by atoms with Gasteiger partial charge in [0, 0.05) is 26.2 Å². The maximum absolute atomic E-state index is 12.8. The summed E-state index contributed by atoms with van der Waals surface area (Å²) in [6.07, 6.45) is -1.81. The van der Waals surface area contributed by atoms with Crippen LogP contribution in [-0.4, -0.2) is 92.2 Å². The van der Waals surface area contributed by atoms with Gasteiger partial charge in [0.15, 0.2) is 18.0 Å². The van der Waals surface area contributed by atoms with Crippen LogP contribution in [0.3, 0.4) is 0 Å². The lowest BCUT2D eigenvalue weighted by Crippen LogP contribution is -2.54. The van der Waals surface area contributed by atoms with Gasteiger partial charge in [0.1, 0.15) is 0 Å². The third kappa shape index (κ3) is 3.65. The first-order chi connectivity index (χ1) is 11.0. The zero-order valence-electron chi connectivity index (χ0n) is 13.7. The Morgan fingerprint density at radius 2 is 1.13 bits per heavy atom. The molecule has 0 saturated carbocycles. The number of carbonyl (C=O) groups excluding carboxylic acids is 2. The van der Waals surface area contributed by atoms with Crippen LogP contribution in [-0.2, 0) is 28.5 Å². The molecule has 0 unspecified atom stereocenters. The summed E-state index contributed by atoms with van der Waals surface area (Å²) in [4.78, 5) is 28.9. The fourth-order valence-corrected chi connectivity index (χ4v) is 3.05. The largest absolute Gasteiger partial charge is 0.378 e. The van der Waals surface area contributed by atoms with E-state index in [0.29, 0.717) is 52.6 Å². The van der Waals surface area contributed by atoms with Crippen LogP contribution in [0, 0.1) is 0 Å². The molecule has 0 N–H and O–H groups in total. The molecule has 130 valence electrons. The van der Waals surface area contributed by atoms with Crippen molar-refractivity contribution in [2.45, 2.75) is 31.8 Å². The fourth-order valence-electron chi connectivity index (χ4n) is 3.05. The predicted octanol–water partition coefficient (Wildman–Crippen LogP) is -0.776. The van der Waals surface area contributed by atoms with Crippen LogP contribution in [0.25, 0.3) is 0 Å². The summed E-state index contributed by atoms with van der Waals surface area (Å²) in [5.41, 5.74) is 0. The number of morpholine rings is 2. The molecule has 3 rings (SSSR count). The second-order valence-electron chi connectivity index (χ2n) is 6.35. The highest BCUT2D eigenvalue weighted by Gasteiger charge is 2.51. The van der Waals surface area contributed by atoms with E-state index in [1.165, 1.54) is 0 Å². The van der Waals surface area contributed by atoms with E-state index in [1.807, 2.05) is 0 Å². The molecule has 0 aliphatic carbocycles. The molecule has 0 spiro atoms. The molecule has 8 nitrogen and oxygen atoms in total. The van der Waals surface area contributed by atoms with E-state index < -0.39 is 18.0 Å². The Hall–Kier alpha value is -1.22. The number of nitrogens with zero attached hydrogens (tertiary/aromatic N) is 2. The first-order valence-corrected chi connectivity index (χ1v) is 8.07. The summed E-state index contributed by atoms with van der Waals surface area (Å²) in [5.74, 6) is -1.37. The van der Waals surface area contributed by atoms with Crippen molar-refractivity contribution in [3.05, 3.63) is 0 Å². The van der Waals surface area contributed by atoms with Crippen molar-refractivity contribution in [3.8, 4) is 0 Å². The zero-order valence-corrected chi connectivity index (χ0v) is 13.7. The first kappa shape index (κ1) is 16.6. The van der Waals surface area contributed by atoms with E-state index in [2.05, 4.69) is 0 Å². The van der Waals surface area contributed by atoms with Gasteiger partial charge in [-0.2, -0.15) is 0 Å². The van der Waals surface area contributed by atoms with Gasteiger partial charge in [0.25, 0.3) is 11.8 Å². The highest BCUT2D eigenvalue weighted by Crippen LogP contribution is 2.30. The van der Waals surface area contributed by atoms with Gasteiger partial charge in [-0.1, -0.05) is 0 Å². The standard InChI is InChI=1S/C15H24N2O6/c1-15(2)22-11(13(18)16-3-7-20-8-4-16)12(23-15)14(19)17-5-9-21-10-6-17/h11-12H,3-10H2,1-2H3/t11-,12-/m0/s1. The van der Waals surface area contributed by atoms with Gasteiger partial charge in [-0.15, -0.1) is 0 Å².